The van der Waals surface area contributed by atoms with E-state index in [0.717, 1.165) is 26.2 Å². The van der Waals surface area contributed by atoms with E-state index in [1.54, 1.807) is 6.92 Å². The summed E-state index contributed by atoms with van der Waals surface area (Å²) < 4.78 is 27.3. The van der Waals surface area contributed by atoms with Gasteiger partial charge < -0.3 is 4.90 Å². The Morgan fingerprint density at radius 3 is 2.59 bits per heavy atom. The van der Waals surface area contributed by atoms with Crippen LogP contribution in [0.5, 0.6) is 0 Å². The number of nitrogens with zero attached hydrogens (tertiary/aromatic N) is 3. The molecule has 0 aliphatic carbocycles. The monoisotopic (exact) mass is 346 g/mol. The number of likely N-dealkylation sites (N-methyl/N-ethyl adjacent to an activating group) is 1. The molecule has 8 heteroatoms. The summed E-state index contributed by atoms with van der Waals surface area (Å²) in [5.41, 5.74) is 0.650. The van der Waals surface area contributed by atoms with Crippen LogP contribution in [0.4, 0.5) is 0 Å². The minimum absolute atomic E-state index is 0.153. The van der Waals surface area contributed by atoms with E-state index >= 15 is 0 Å². The van der Waals surface area contributed by atoms with E-state index in [4.69, 9.17) is 11.6 Å². The maximum absolute atomic E-state index is 12.3. The predicted octanol–water partition coefficient (Wildman–Crippen LogP) is 0.958. The largest absolute Gasteiger partial charge is 0.304 e. The lowest BCUT2D eigenvalue weighted by molar-refractivity contribution is 0.120. The molecule has 1 aromatic heterocycles. The van der Waals surface area contributed by atoms with Crippen LogP contribution in [-0.4, -0.2) is 69.0 Å². The summed E-state index contributed by atoms with van der Waals surface area (Å²) in [5.74, 6) is 0. The van der Waals surface area contributed by atoms with E-state index in [0.29, 0.717) is 17.3 Å². The first-order chi connectivity index (χ1) is 10.3. The first kappa shape index (κ1) is 17.6. The van der Waals surface area contributed by atoms with E-state index in [-0.39, 0.29) is 10.9 Å². The number of piperazine rings is 1. The Kier molecular flexibility index (Phi) is 5.79. The van der Waals surface area contributed by atoms with Gasteiger partial charge in [0, 0.05) is 45.0 Å². The van der Waals surface area contributed by atoms with Crippen molar-refractivity contribution in [1.82, 2.24) is 19.5 Å². The summed E-state index contributed by atoms with van der Waals surface area (Å²) in [6.45, 7) is 8.10. The van der Waals surface area contributed by atoms with Crippen molar-refractivity contribution in [3.05, 3.63) is 23.0 Å². The van der Waals surface area contributed by atoms with Gasteiger partial charge in [0.05, 0.1) is 0 Å². The van der Waals surface area contributed by atoms with Gasteiger partial charge in [-0.3, -0.25) is 4.90 Å². The molecule has 0 unspecified atom stereocenters. The molecule has 0 radical (unpaired) electrons. The lowest BCUT2D eigenvalue weighted by Gasteiger charge is -2.36. The summed E-state index contributed by atoms with van der Waals surface area (Å²) in [4.78, 5) is 8.63. The Labute approximate surface area is 137 Å². The number of aryl methyl sites for hydroxylation is 1. The maximum atomic E-state index is 12.3. The summed E-state index contributed by atoms with van der Waals surface area (Å²) in [6, 6.07) is 1.70. The molecule has 0 aromatic carbocycles. The molecular formula is C14H23ClN4O2S. The van der Waals surface area contributed by atoms with Gasteiger partial charge >= 0.3 is 0 Å². The van der Waals surface area contributed by atoms with Crippen molar-refractivity contribution >= 4 is 21.6 Å². The molecular weight excluding hydrogens is 324 g/mol. The zero-order valence-corrected chi connectivity index (χ0v) is 14.8. The molecule has 2 rings (SSSR count). The fraction of sp³-hybridized carbons (Fsp3) is 0.643. The molecule has 0 amide bonds. The molecule has 124 valence electrons. The van der Waals surface area contributed by atoms with Crippen LogP contribution >= 0.6 is 11.6 Å². The molecule has 0 bridgehead atoms. The van der Waals surface area contributed by atoms with Crippen LogP contribution in [0.3, 0.4) is 0 Å². The highest BCUT2D eigenvalue weighted by molar-refractivity contribution is 7.89. The normalized spacial score (nSPS) is 19.3. The highest BCUT2D eigenvalue weighted by Crippen LogP contribution is 2.16. The highest BCUT2D eigenvalue weighted by Gasteiger charge is 2.22. The fourth-order valence-corrected chi connectivity index (χ4v) is 3.64. The van der Waals surface area contributed by atoms with Gasteiger partial charge in [-0.05, 0) is 32.5 Å². The maximum Gasteiger partial charge on any atom is 0.242 e. The standard InChI is InChI=1S/C14H23ClN4O2S/c1-11-8-13(10-16-14(11)15)22(20,21)17-9-12(2)19-6-4-18(3)5-7-19/h8,10,12,17H,4-7,9H2,1-3H3/t12-/m0/s1. The van der Waals surface area contributed by atoms with Crippen molar-refractivity contribution in [2.75, 3.05) is 39.8 Å². The van der Waals surface area contributed by atoms with Crippen LogP contribution in [0.25, 0.3) is 0 Å². The van der Waals surface area contributed by atoms with Gasteiger partial charge in [0.25, 0.3) is 0 Å². The van der Waals surface area contributed by atoms with Crippen molar-refractivity contribution < 1.29 is 8.42 Å². The van der Waals surface area contributed by atoms with Crippen molar-refractivity contribution in [3.8, 4) is 0 Å². The number of pyridine rings is 1. The third-order valence-corrected chi connectivity index (χ3v) is 5.82. The first-order valence-electron chi connectivity index (χ1n) is 7.34. The van der Waals surface area contributed by atoms with Crippen LogP contribution in [0.2, 0.25) is 5.15 Å². The Balaban J connectivity index is 1.95. The smallest absolute Gasteiger partial charge is 0.242 e. The Hall–Kier alpha value is -0.730. The molecule has 1 N–H and O–H groups in total. The third kappa shape index (κ3) is 4.39. The topological polar surface area (TPSA) is 65.5 Å². The summed E-state index contributed by atoms with van der Waals surface area (Å²) in [7, 11) is -1.45. The molecule has 1 saturated heterocycles. The first-order valence-corrected chi connectivity index (χ1v) is 9.20. The molecule has 1 aliphatic rings. The van der Waals surface area contributed by atoms with Crippen molar-refractivity contribution in [3.63, 3.8) is 0 Å². The molecule has 0 spiro atoms. The Morgan fingerprint density at radius 2 is 2.00 bits per heavy atom. The average Bonchev–Trinajstić information content (AvgIpc) is 2.48. The van der Waals surface area contributed by atoms with Crippen LogP contribution in [0, 0.1) is 6.92 Å². The molecule has 1 fully saturated rings. The second kappa shape index (κ2) is 7.23. The van der Waals surface area contributed by atoms with Crippen molar-refractivity contribution in [2.24, 2.45) is 0 Å². The SMILES string of the molecule is Cc1cc(S(=O)(=O)NC[C@H](C)N2CCN(C)CC2)cnc1Cl. The van der Waals surface area contributed by atoms with E-state index in [9.17, 15) is 8.42 Å². The van der Waals surface area contributed by atoms with Gasteiger partial charge in [0.1, 0.15) is 10.0 Å². The number of aromatic nitrogens is 1. The van der Waals surface area contributed by atoms with Gasteiger partial charge in [0.2, 0.25) is 10.0 Å². The molecule has 2 heterocycles. The number of halogens is 1. The average molecular weight is 347 g/mol. The zero-order chi connectivity index (χ0) is 16.3. The summed E-state index contributed by atoms with van der Waals surface area (Å²) in [6.07, 6.45) is 1.29. The minimum atomic E-state index is -3.55. The van der Waals surface area contributed by atoms with E-state index < -0.39 is 10.0 Å². The lowest BCUT2D eigenvalue weighted by atomic mass is 10.2. The number of sulfonamides is 1. The number of nitrogens with one attached hydrogen (secondary N) is 1. The van der Waals surface area contributed by atoms with E-state index in [2.05, 4.69) is 26.6 Å². The zero-order valence-electron chi connectivity index (χ0n) is 13.2. The quantitative estimate of drug-likeness (QED) is 0.804. The number of hydrogen-bond donors (Lipinski definition) is 1. The van der Waals surface area contributed by atoms with Gasteiger partial charge in [-0.25, -0.2) is 18.1 Å². The van der Waals surface area contributed by atoms with Crippen LogP contribution < -0.4 is 4.72 Å². The van der Waals surface area contributed by atoms with Crippen molar-refractivity contribution in [1.29, 1.82) is 0 Å². The van der Waals surface area contributed by atoms with Crippen LogP contribution in [0.1, 0.15) is 12.5 Å². The van der Waals surface area contributed by atoms with Gasteiger partial charge in [-0.2, -0.15) is 0 Å². The van der Waals surface area contributed by atoms with E-state index in [1.807, 2.05) is 6.92 Å². The summed E-state index contributed by atoms with van der Waals surface area (Å²) >= 11 is 5.83. The molecule has 0 saturated carbocycles. The third-order valence-electron chi connectivity index (χ3n) is 4.03. The lowest BCUT2D eigenvalue weighted by Crippen LogP contribution is -2.51. The minimum Gasteiger partial charge on any atom is -0.304 e. The Bertz CT molecular complexity index is 615. The fourth-order valence-electron chi connectivity index (χ4n) is 2.38. The molecule has 6 nitrogen and oxygen atoms in total. The van der Waals surface area contributed by atoms with Crippen LogP contribution in [0.15, 0.2) is 17.2 Å². The highest BCUT2D eigenvalue weighted by atomic mass is 35.5. The second-order valence-electron chi connectivity index (χ2n) is 5.82. The van der Waals surface area contributed by atoms with E-state index in [1.165, 1.54) is 12.3 Å². The molecule has 1 atom stereocenters. The van der Waals surface area contributed by atoms with Crippen molar-refractivity contribution in [2.45, 2.75) is 24.8 Å². The predicted molar refractivity (Wildman–Crippen MR) is 87.7 cm³/mol. The Morgan fingerprint density at radius 1 is 1.36 bits per heavy atom. The molecule has 1 aromatic rings. The van der Waals surface area contributed by atoms with Gasteiger partial charge in [-0.15, -0.1) is 0 Å². The second-order valence-corrected chi connectivity index (χ2v) is 7.94. The summed E-state index contributed by atoms with van der Waals surface area (Å²) in [5, 5.41) is 0.324. The molecule has 22 heavy (non-hydrogen) atoms. The molecule has 1 aliphatic heterocycles. The van der Waals surface area contributed by atoms with Gasteiger partial charge in [-0.1, -0.05) is 11.6 Å². The van der Waals surface area contributed by atoms with Crippen LogP contribution in [-0.2, 0) is 10.0 Å². The van der Waals surface area contributed by atoms with Gasteiger partial charge in [0.15, 0.2) is 0 Å². The number of hydrogen-bond acceptors (Lipinski definition) is 5. The number of rotatable bonds is 5.